The fraction of sp³-hybridized carbons (Fsp3) is 0.188. The summed E-state index contributed by atoms with van der Waals surface area (Å²) in [7, 11) is 4.07. The summed E-state index contributed by atoms with van der Waals surface area (Å²) in [5, 5.41) is 2.89. The molecule has 0 saturated heterocycles. The van der Waals surface area contributed by atoms with Gasteiger partial charge in [0.2, 0.25) is 0 Å². The SMILES string of the molecule is CN(C)Cc1ccc(NC(=O)c2ccccc2)cc1. The first-order chi connectivity index (χ1) is 9.15. The second kappa shape index (κ2) is 6.16. The predicted octanol–water partition coefficient (Wildman–Crippen LogP) is 3.00. The monoisotopic (exact) mass is 254 g/mol. The lowest BCUT2D eigenvalue weighted by molar-refractivity contribution is 0.102. The van der Waals surface area contributed by atoms with Crippen LogP contribution < -0.4 is 5.32 Å². The van der Waals surface area contributed by atoms with Crippen LogP contribution in [0.2, 0.25) is 0 Å². The van der Waals surface area contributed by atoms with Gasteiger partial charge in [-0.05, 0) is 43.9 Å². The van der Waals surface area contributed by atoms with E-state index < -0.39 is 0 Å². The minimum absolute atomic E-state index is 0.0824. The number of amides is 1. The molecule has 0 aliphatic rings. The van der Waals surface area contributed by atoms with Gasteiger partial charge in [-0.2, -0.15) is 0 Å². The maximum absolute atomic E-state index is 12.0. The lowest BCUT2D eigenvalue weighted by atomic mass is 10.2. The zero-order chi connectivity index (χ0) is 13.7. The summed E-state index contributed by atoms with van der Waals surface area (Å²) in [6, 6.07) is 17.1. The van der Waals surface area contributed by atoms with E-state index in [-0.39, 0.29) is 5.91 Å². The van der Waals surface area contributed by atoms with Crippen LogP contribution in [0, 0.1) is 0 Å². The Hall–Kier alpha value is -2.13. The third kappa shape index (κ3) is 3.93. The van der Waals surface area contributed by atoms with Crippen molar-refractivity contribution in [3.63, 3.8) is 0 Å². The number of carbonyl (C=O) groups is 1. The second-order valence-electron chi connectivity index (χ2n) is 4.75. The van der Waals surface area contributed by atoms with Crippen LogP contribution in [0.25, 0.3) is 0 Å². The molecule has 2 rings (SSSR count). The number of rotatable bonds is 4. The first-order valence-corrected chi connectivity index (χ1v) is 6.25. The zero-order valence-corrected chi connectivity index (χ0v) is 11.3. The van der Waals surface area contributed by atoms with Gasteiger partial charge in [0, 0.05) is 17.8 Å². The Morgan fingerprint density at radius 1 is 1.00 bits per heavy atom. The summed E-state index contributed by atoms with van der Waals surface area (Å²) < 4.78 is 0. The molecule has 2 aromatic carbocycles. The molecule has 0 aliphatic heterocycles. The Bertz CT molecular complexity index is 532. The van der Waals surface area contributed by atoms with Gasteiger partial charge in [-0.15, -0.1) is 0 Å². The van der Waals surface area contributed by atoms with Crippen LogP contribution in [0.15, 0.2) is 54.6 Å². The molecule has 19 heavy (non-hydrogen) atoms. The number of carbonyl (C=O) groups excluding carboxylic acids is 1. The molecule has 0 unspecified atom stereocenters. The van der Waals surface area contributed by atoms with Crippen molar-refractivity contribution in [3.05, 3.63) is 65.7 Å². The Balaban J connectivity index is 2.02. The van der Waals surface area contributed by atoms with Crippen LogP contribution >= 0.6 is 0 Å². The molecule has 0 aliphatic carbocycles. The van der Waals surface area contributed by atoms with E-state index >= 15 is 0 Å². The highest BCUT2D eigenvalue weighted by atomic mass is 16.1. The summed E-state index contributed by atoms with van der Waals surface area (Å²) >= 11 is 0. The Labute approximate surface area is 113 Å². The quantitative estimate of drug-likeness (QED) is 0.909. The van der Waals surface area contributed by atoms with Gasteiger partial charge in [0.05, 0.1) is 0 Å². The van der Waals surface area contributed by atoms with E-state index in [1.165, 1.54) is 5.56 Å². The van der Waals surface area contributed by atoms with Gasteiger partial charge in [0.15, 0.2) is 0 Å². The third-order valence-electron chi connectivity index (χ3n) is 2.75. The fourth-order valence-electron chi connectivity index (χ4n) is 1.85. The van der Waals surface area contributed by atoms with Gasteiger partial charge in [-0.25, -0.2) is 0 Å². The lowest BCUT2D eigenvalue weighted by Crippen LogP contribution is -2.12. The van der Waals surface area contributed by atoms with Crippen molar-refractivity contribution in [1.82, 2.24) is 4.90 Å². The molecule has 0 heterocycles. The maximum Gasteiger partial charge on any atom is 0.255 e. The fourth-order valence-corrected chi connectivity index (χ4v) is 1.85. The van der Waals surface area contributed by atoms with Crippen molar-refractivity contribution >= 4 is 11.6 Å². The molecule has 1 amide bonds. The summed E-state index contributed by atoms with van der Waals surface area (Å²) in [5.74, 6) is -0.0824. The molecule has 98 valence electrons. The van der Waals surface area contributed by atoms with Gasteiger partial charge < -0.3 is 10.2 Å². The minimum atomic E-state index is -0.0824. The molecule has 3 nitrogen and oxygen atoms in total. The van der Waals surface area contributed by atoms with Crippen molar-refractivity contribution in [1.29, 1.82) is 0 Å². The van der Waals surface area contributed by atoms with Crippen LogP contribution in [0.4, 0.5) is 5.69 Å². The molecule has 2 aromatic rings. The number of hydrogen-bond acceptors (Lipinski definition) is 2. The van der Waals surface area contributed by atoms with Crippen molar-refractivity contribution in [3.8, 4) is 0 Å². The van der Waals surface area contributed by atoms with Crippen molar-refractivity contribution in [2.75, 3.05) is 19.4 Å². The minimum Gasteiger partial charge on any atom is -0.322 e. The lowest BCUT2D eigenvalue weighted by Gasteiger charge is -2.10. The predicted molar refractivity (Wildman–Crippen MR) is 78.2 cm³/mol. The van der Waals surface area contributed by atoms with Crippen LogP contribution in [-0.2, 0) is 6.54 Å². The molecule has 0 spiro atoms. The molecule has 0 fully saturated rings. The van der Waals surface area contributed by atoms with Crippen LogP contribution in [0.3, 0.4) is 0 Å². The molecule has 0 aromatic heterocycles. The van der Waals surface area contributed by atoms with Crippen molar-refractivity contribution in [2.45, 2.75) is 6.54 Å². The van der Waals surface area contributed by atoms with Gasteiger partial charge >= 0.3 is 0 Å². The van der Waals surface area contributed by atoms with Gasteiger partial charge in [-0.3, -0.25) is 4.79 Å². The number of anilines is 1. The first-order valence-electron chi connectivity index (χ1n) is 6.25. The van der Waals surface area contributed by atoms with Crippen molar-refractivity contribution in [2.24, 2.45) is 0 Å². The molecule has 0 atom stereocenters. The van der Waals surface area contributed by atoms with E-state index in [9.17, 15) is 4.79 Å². The summed E-state index contributed by atoms with van der Waals surface area (Å²) in [5.41, 5.74) is 2.71. The van der Waals surface area contributed by atoms with E-state index in [4.69, 9.17) is 0 Å². The second-order valence-corrected chi connectivity index (χ2v) is 4.75. The van der Waals surface area contributed by atoms with E-state index in [0.717, 1.165) is 12.2 Å². The molecule has 0 radical (unpaired) electrons. The number of nitrogens with one attached hydrogen (secondary N) is 1. The van der Waals surface area contributed by atoms with E-state index in [1.54, 1.807) is 12.1 Å². The van der Waals surface area contributed by atoms with E-state index in [1.807, 2.05) is 56.6 Å². The molecular formula is C16H18N2O. The average molecular weight is 254 g/mol. The Morgan fingerprint density at radius 3 is 2.21 bits per heavy atom. The van der Waals surface area contributed by atoms with Gasteiger partial charge in [0.25, 0.3) is 5.91 Å². The smallest absolute Gasteiger partial charge is 0.255 e. The number of nitrogens with zero attached hydrogens (tertiary/aromatic N) is 1. The zero-order valence-electron chi connectivity index (χ0n) is 11.3. The van der Waals surface area contributed by atoms with Gasteiger partial charge in [-0.1, -0.05) is 30.3 Å². The van der Waals surface area contributed by atoms with Gasteiger partial charge in [0.1, 0.15) is 0 Å². The Morgan fingerprint density at radius 2 is 1.63 bits per heavy atom. The summed E-state index contributed by atoms with van der Waals surface area (Å²) in [4.78, 5) is 14.1. The standard InChI is InChI=1S/C16H18N2O/c1-18(2)12-13-8-10-15(11-9-13)17-16(19)14-6-4-3-5-7-14/h3-11H,12H2,1-2H3,(H,17,19). The molecular weight excluding hydrogens is 236 g/mol. The van der Waals surface area contributed by atoms with Crippen LogP contribution in [0.5, 0.6) is 0 Å². The van der Waals surface area contributed by atoms with Crippen LogP contribution in [-0.4, -0.2) is 24.9 Å². The average Bonchev–Trinajstić information content (AvgIpc) is 2.41. The molecule has 1 N–H and O–H groups in total. The topological polar surface area (TPSA) is 32.3 Å². The maximum atomic E-state index is 12.0. The van der Waals surface area contributed by atoms with E-state index in [2.05, 4.69) is 10.2 Å². The molecule has 0 bridgehead atoms. The highest BCUT2D eigenvalue weighted by Crippen LogP contribution is 2.12. The number of benzene rings is 2. The largest absolute Gasteiger partial charge is 0.322 e. The summed E-state index contributed by atoms with van der Waals surface area (Å²) in [6.07, 6.45) is 0. The summed E-state index contributed by atoms with van der Waals surface area (Å²) in [6.45, 7) is 0.896. The highest BCUT2D eigenvalue weighted by molar-refractivity contribution is 6.04. The molecule has 0 saturated carbocycles. The third-order valence-corrected chi connectivity index (χ3v) is 2.75. The highest BCUT2D eigenvalue weighted by Gasteiger charge is 2.04. The first kappa shape index (κ1) is 13.3. The van der Waals surface area contributed by atoms with E-state index in [0.29, 0.717) is 5.56 Å². The Kier molecular flexibility index (Phi) is 4.31. The van der Waals surface area contributed by atoms with Crippen molar-refractivity contribution < 1.29 is 4.79 Å². The van der Waals surface area contributed by atoms with Crippen LogP contribution in [0.1, 0.15) is 15.9 Å². The number of hydrogen-bond donors (Lipinski definition) is 1. The molecule has 3 heteroatoms. The normalized spacial score (nSPS) is 10.5.